The molecular weight excluding hydrogens is 346 g/mol. The lowest BCUT2D eigenvalue weighted by Crippen LogP contribution is -2.54. The van der Waals surface area contributed by atoms with Crippen LogP contribution in [0.4, 0.5) is 0 Å². The van der Waals surface area contributed by atoms with Gasteiger partial charge in [-0.05, 0) is 39.4 Å². The summed E-state index contributed by atoms with van der Waals surface area (Å²) in [7, 11) is 0. The van der Waals surface area contributed by atoms with Crippen molar-refractivity contribution in [3.05, 3.63) is 28.7 Å². The summed E-state index contributed by atoms with van der Waals surface area (Å²) in [4.78, 5) is 19.0. The molecule has 1 aromatic heterocycles. The first-order chi connectivity index (χ1) is 12.9. The Morgan fingerprint density at radius 3 is 2.81 bits per heavy atom. The predicted molar refractivity (Wildman–Crippen MR) is 101 cm³/mol. The average molecular weight is 371 g/mol. The van der Waals surface area contributed by atoms with Crippen molar-refractivity contribution >= 4 is 18.0 Å². The number of rotatable bonds is 4. The Morgan fingerprint density at radius 2 is 2.22 bits per heavy atom. The summed E-state index contributed by atoms with van der Waals surface area (Å²) in [6.45, 7) is 8.82. The molecule has 4 rings (SSSR count). The molecule has 0 aliphatic carbocycles. The van der Waals surface area contributed by atoms with Gasteiger partial charge < -0.3 is 20.9 Å². The second-order valence-corrected chi connectivity index (χ2v) is 7.37. The summed E-state index contributed by atoms with van der Waals surface area (Å²) in [5.74, 6) is 0.907. The molecule has 4 N–H and O–H groups in total. The molecule has 3 atom stereocenters. The number of likely N-dealkylation sites (tertiary alicyclic amines) is 1. The van der Waals surface area contributed by atoms with E-state index in [1.807, 2.05) is 13.8 Å². The van der Waals surface area contributed by atoms with Crippen LogP contribution < -0.4 is 11.5 Å². The smallest absolute Gasteiger partial charge is 0.250 e. The zero-order chi connectivity index (χ0) is 19.3. The van der Waals surface area contributed by atoms with Gasteiger partial charge in [0.15, 0.2) is 0 Å². The monoisotopic (exact) mass is 371 g/mol. The van der Waals surface area contributed by atoms with Crippen LogP contribution in [0.2, 0.25) is 0 Å². The Morgan fingerprint density at radius 1 is 1.44 bits per heavy atom. The van der Waals surface area contributed by atoms with Crippen molar-refractivity contribution in [2.45, 2.75) is 38.9 Å². The van der Waals surface area contributed by atoms with E-state index >= 15 is 0 Å². The topological polar surface area (TPSA) is 126 Å². The SMILES string of the molecule is CCN1CCC(C2(c3c(C)noc3C)N=C3C=C(C(N)=O)C=NN3C2N)C1. The van der Waals surface area contributed by atoms with Crippen LogP contribution in [-0.4, -0.2) is 58.8 Å². The number of hydrogen-bond acceptors (Lipinski definition) is 8. The van der Waals surface area contributed by atoms with E-state index in [4.69, 9.17) is 21.0 Å². The van der Waals surface area contributed by atoms with Gasteiger partial charge in [-0.2, -0.15) is 5.10 Å². The number of amidine groups is 1. The van der Waals surface area contributed by atoms with Gasteiger partial charge >= 0.3 is 0 Å². The molecule has 3 aliphatic heterocycles. The average Bonchev–Trinajstić information content (AvgIpc) is 3.32. The number of nitrogens with two attached hydrogens (primary N) is 2. The van der Waals surface area contributed by atoms with Gasteiger partial charge in [-0.1, -0.05) is 12.1 Å². The lowest BCUT2D eigenvalue weighted by Gasteiger charge is -2.38. The number of carbonyl (C=O) groups is 1. The third-order valence-electron chi connectivity index (χ3n) is 5.91. The molecule has 1 saturated heterocycles. The molecular formula is C18H25N7O2. The number of hydrazone groups is 1. The molecule has 1 aromatic rings. The second kappa shape index (κ2) is 6.28. The number of carbonyl (C=O) groups excluding carboxylic acids is 1. The van der Waals surface area contributed by atoms with E-state index in [-0.39, 0.29) is 5.92 Å². The maximum Gasteiger partial charge on any atom is 0.250 e. The Hall–Kier alpha value is -2.52. The van der Waals surface area contributed by atoms with Crippen LogP contribution in [0.1, 0.15) is 30.4 Å². The van der Waals surface area contributed by atoms with Crippen molar-refractivity contribution in [1.29, 1.82) is 0 Å². The van der Waals surface area contributed by atoms with Crippen molar-refractivity contribution in [3.8, 4) is 0 Å². The largest absolute Gasteiger partial charge is 0.366 e. The first-order valence-corrected chi connectivity index (χ1v) is 9.24. The van der Waals surface area contributed by atoms with Gasteiger partial charge in [-0.25, -0.2) is 5.01 Å². The summed E-state index contributed by atoms with van der Waals surface area (Å²) in [5, 5.41) is 10.2. The van der Waals surface area contributed by atoms with Gasteiger partial charge in [0.1, 0.15) is 23.3 Å². The Kier molecular flexibility index (Phi) is 4.15. The van der Waals surface area contributed by atoms with Gasteiger partial charge in [0.2, 0.25) is 5.91 Å². The molecule has 0 spiro atoms. The summed E-state index contributed by atoms with van der Waals surface area (Å²) < 4.78 is 5.47. The molecule has 3 aliphatic rings. The van der Waals surface area contributed by atoms with Crippen molar-refractivity contribution < 1.29 is 9.32 Å². The lowest BCUT2D eigenvalue weighted by atomic mass is 9.75. The predicted octanol–water partition coefficient (Wildman–Crippen LogP) is 0.239. The quantitative estimate of drug-likeness (QED) is 0.781. The molecule has 144 valence electrons. The van der Waals surface area contributed by atoms with Crippen LogP contribution in [0, 0.1) is 19.8 Å². The molecule has 4 heterocycles. The molecule has 1 fully saturated rings. The van der Waals surface area contributed by atoms with Crippen molar-refractivity contribution in [2.24, 2.45) is 27.5 Å². The van der Waals surface area contributed by atoms with E-state index in [1.165, 1.54) is 6.21 Å². The molecule has 0 radical (unpaired) electrons. The maximum absolute atomic E-state index is 11.6. The van der Waals surface area contributed by atoms with E-state index in [1.54, 1.807) is 11.1 Å². The van der Waals surface area contributed by atoms with Gasteiger partial charge in [-0.3, -0.25) is 9.79 Å². The number of fused-ring (bicyclic) bond motifs is 1. The zero-order valence-corrected chi connectivity index (χ0v) is 15.8. The molecule has 0 bridgehead atoms. The molecule has 9 nitrogen and oxygen atoms in total. The highest BCUT2D eigenvalue weighted by molar-refractivity contribution is 6.18. The standard InChI is InChI=1S/C18H25N7O2/c1-4-24-6-5-13(9-24)18(15-10(2)23-27-11(15)3)17(20)25-14(22-18)7-12(8-21-25)16(19)26/h7-8,13,17H,4-6,9,20H2,1-3H3,(H2,19,26). The molecule has 1 amide bonds. The highest BCUT2D eigenvalue weighted by atomic mass is 16.5. The van der Waals surface area contributed by atoms with Crippen LogP contribution in [-0.2, 0) is 10.3 Å². The highest BCUT2D eigenvalue weighted by Crippen LogP contribution is 2.48. The number of amides is 1. The fraction of sp³-hybridized carbons (Fsp3) is 0.556. The van der Waals surface area contributed by atoms with Crippen molar-refractivity contribution in [3.63, 3.8) is 0 Å². The second-order valence-electron chi connectivity index (χ2n) is 7.37. The summed E-state index contributed by atoms with van der Waals surface area (Å²) in [5.41, 5.74) is 13.4. The van der Waals surface area contributed by atoms with Crippen molar-refractivity contribution in [2.75, 3.05) is 19.6 Å². The fourth-order valence-electron chi connectivity index (χ4n) is 4.58. The number of aryl methyl sites for hydroxylation is 2. The molecule has 27 heavy (non-hydrogen) atoms. The maximum atomic E-state index is 11.6. The first kappa shape index (κ1) is 17.9. The van der Waals surface area contributed by atoms with Crippen LogP contribution in [0.3, 0.4) is 0 Å². The molecule has 0 saturated carbocycles. The zero-order valence-electron chi connectivity index (χ0n) is 15.8. The van der Waals surface area contributed by atoms with Crippen LogP contribution in [0.25, 0.3) is 0 Å². The van der Waals surface area contributed by atoms with Crippen LogP contribution in [0.5, 0.6) is 0 Å². The van der Waals surface area contributed by atoms with Crippen molar-refractivity contribution in [1.82, 2.24) is 15.1 Å². The minimum atomic E-state index is -0.742. The summed E-state index contributed by atoms with van der Waals surface area (Å²) in [6, 6.07) is 0. The summed E-state index contributed by atoms with van der Waals surface area (Å²) >= 11 is 0. The number of nitrogens with zero attached hydrogens (tertiary/aromatic N) is 5. The number of aromatic nitrogens is 1. The van der Waals surface area contributed by atoms with E-state index in [9.17, 15) is 4.79 Å². The van der Waals surface area contributed by atoms with E-state index in [0.717, 1.165) is 37.3 Å². The van der Waals surface area contributed by atoms with Gasteiger partial charge in [0, 0.05) is 18.0 Å². The molecule has 0 aromatic carbocycles. The number of hydrogen-bond donors (Lipinski definition) is 2. The summed E-state index contributed by atoms with van der Waals surface area (Å²) in [6.07, 6.45) is 3.54. The van der Waals surface area contributed by atoms with E-state index in [0.29, 0.717) is 17.2 Å². The third kappa shape index (κ3) is 2.53. The molecule has 3 unspecified atom stereocenters. The van der Waals surface area contributed by atoms with E-state index < -0.39 is 17.6 Å². The lowest BCUT2D eigenvalue weighted by molar-refractivity contribution is -0.114. The van der Waals surface area contributed by atoms with Gasteiger partial charge in [0.05, 0.1) is 17.5 Å². The Bertz CT molecular complexity index is 852. The Balaban J connectivity index is 1.88. The van der Waals surface area contributed by atoms with Crippen LogP contribution in [0.15, 0.2) is 26.3 Å². The third-order valence-corrected chi connectivity index (χ3v) is 5.91. The molecule has 9 heteroatoms. The van der Waals surface area contributed by atoms with E-state index in [2.05, 4.69) is 22.1 Å². The minimum Gasteiger partial charge on any atom is -0.366 e. The highest BCUT2D eigenvalue weighted by Gasteiger charge is 2.57. The van der Waals surface area contributed by atoms with Gasteiger partial charge in [0.25, 0.3) is 0 Å². The Labute approximate surface area is 157 Å². The normalized spacial score (nSPS) is 30.4. The number of aliphatic imine (C=N–C) groups is 1. The van der Waals surface area contributed by atoms with Crippen LogP contribution >= 0.6 is 0 Å². The minimum absolute atomic E-state index is 0.183. The van der Waals surface area contributed by atoms with Gasteiger partial charge in [-0.15, -0.1) is 0 Å². The first-order valence-electron chi connectivity index (χ1n) is 9.24. The number of primary amides is 1. The fourth-order valence-corrected chi connectivity index (χ4v) is 4.58.